The monoisotopic (exact) mass is 320 g/mol. The Morgan fingerprint density at radius 1 is 1.00 bits per heavy atom. The van der Waals surface area contributed by atoms with Crippen LogP contribution in [0.3, 0.4) is 0 Å². The van der Waals surface area contributed by atoms with Gasteiger partial charge in [0.25, 0.3) is 0 Å². The van der Waals surface area contributed by atoms with Crippen molar-refractivity contribution in [1.29, 1.82) is 0 Å². The van der Waals surface area contributed by atoms with Crippen LogP contribution in [0.15, 0.2) is 59.5 Å². The van der Waals surface area contributed by atoms with E-state index in [1.165, 1.54) is 12.1 Å². The Bertz CT molecular complexity index is 670. The molecule has 118 valence electrons. The lowest BCUT2D eigenvalue weighted by molar-refractivity contribution is 0.119. The zero-order valence-electron chi connectivity index (χ0n) is 12.2. The zero-order chi connectivity index (χ0) is 15.8. The molecule has 3 N–H and O–H groups in total. The van der Waals surface area contributed by atoms with Crippen molar-refractivity contribution in [3.8, 4) is 0 Å². The summed E-state index contributed by atoms with van der Waals surface area (Å²) in [6.45, 7) is 1.37. The van der Waals surface area contributed by atoms with E-state index in [4.69, 9.17) is 10.5 Å². The van der Waals surface area contributed by atoms with Crippen LogP contribution in [-0.2, 0) is 21.4 Å². The molecule has 0 bridgehead atoms. The average molecular weight is 320 g/mol. The molecule has 2 aromatic carbocycles. The fourth-order valence-electron chi connectivity index (χ4n) is 1.88. The van der Waals surface area contributed by atoms with Crippen LogP contribution in [0.25, 0.3) is 0 Å². The number of hydrogen-bond acceptors (Lipinski definition) is 4. The van der Waals surface area contributed by atoms with Crippen molar-refractivity contribution in [2.45, 2.75) is 17.9 Å². The highest BCUT2D eigenvalue weighted by atomic mass is 32.2. The van der Waals surface area contributed by atoms with Crippen molar-refractivity contribution in [1.82, 2.24) is 4.72 Å². The molecule has 0 atom stereocenters. The summed E-state index contributed by atoms with van der Waals surface area (Å²) in [6.07, 6.45) is 0.612. The molecule has 0 saturated heterocycles. The van der Waals surface area contributed by atoms with Gasteiger partial charge in [0.05, 0.1) is 11.5 Å². The molecule has 22 heavy (non-hydrogen) atoms. The lowest BCUT2D eigenvalue weighted by atomic mass is 10.2. The standard InChI is InChI=1S/C16H20N2O3S/c17-15-7-9-16(10-8-15)22(19,20)18-11-4-12-21-13-14-5-2-1-3-6-14/h1-3,5-10,18H,4,11-13,17H2. The van der Waals surface area contributed by atoms with Gasteiger partial charge >= 0.3 is 0 Å². The minimum Gasteiger partial charge on any atom is -0.399 e. The Balaban J connectivity index is 1.68. The van der Waals surface area contributed by atoms with E-state index in [2.05, 4.69) is 4.72 Å². The fourth-order valence-corrected chi connectivity index (χ4v) is 2.95. The quantitative estimate of drug-likeness (QED) is 0.577. The maximum Gasteiger partial charge on any atom is 0.240 e. The summed E-state index contributed by atoms with van der Waals surface area (Å²) in [5.74, 6) is 0. The third-order valence-corrected chi connectivity index (χ3v) is 4.54. The molecule has 0 unspecified atom stereocenters. The first kappa shape index (κ1) is 16.5. The third-order valence-electron chi connectivity index (χ3n) is 3.06. The van der Waals surface area contributed by atoms with Gasteiger partial charge in [-0.15, -0.1) is 0 Å². The number of benzene rings is 2. The molecule has 0 saturated carbocycles. The number of anilines is 1. The van der Waals surface area contributed by atoms with Gasteiger partial charge < -0.3 is 10.5 Å². The second-order valence-corrected chi connectivity index (χ2v) is 6.63. The van der Waals surface area contributed by atoms with Gasteiger partial charge in [-0.3, -0.25) is 0 Å². The van der Waals surface area contributed by atoms with Gasteiger partial charge in [-0.2, -0.15) is 0 Å². The Morgan fingerprint density at radius 3 is 2.36 bits per heavy atom. The minimum absolute atomic E-state index is 0.215. The van der Waals surface area contributed by atoms with Crippen LogP contribution in [0.2, 0.25) is 0 Å². The summed E-state index contributed by atoms with van der Waals surface area (Å²) in [7, 11) is -3.48. The smallest absolute Gasteiger partial charge is 0.240 e. The van der Waals surface area contributed by atoms with Gasteiger partial charge in [-0.25, -0.2) is 13.1 Å². The first-order chi connectivity index (χ1) is 10.6. The molecule has 0 aromatic heterocycles. The molecule has 0 radical (unpaired) electrons. The molecular weight excluding hydrogens is 300 g/mol. The molecule has 0 aliphatic rings. The number of hydrogen-bond donors (Lipinski definition) is 2. The first-order valence-electron chi connectivity index (χ1n) is 7.05. The first-order valence-corrected chi connectivity index (χ1v) is 8.53. The minimum atomic E-state index is -3.48. The Kier molecular flexibility index (Phi) is 5.94. The maximum atomic E-state index is 12.0. The van der Waals surface area contributed by atoms with Gasteiger partial charge in [0.2, 0.25) is 10.0 Å². The van der Waals surface area contributed by atoms with E-state index in [0.717, 1.165) is 5.56 Å². The molecule has 2 rings (SSSR count). The predicted molar refractivity (Wildman–Crippen MR) is 86.8 cm³/mol. The second kappa shape index (κ2) is 7.93. The van der Waals surface area contributed by atoms with Crippen molar-refractivity contribution >= 4 is 15.7 Å². The predicted octanol–water partition coefficient (Wildman–Crippen LogP) is 2.15. The molecule has 0 spiro atoms. The Hall–Kier alpha value is -1.89. The molecular formula is C16H20N2O3S. The maximum absolute atomic E-state index is 12.0. The van der Waals surface area contributed by atoms with Crippen LogP contribution < -0.4 is 10.5 Å². The van der Waals surface area contributed by atoms with Crippen molar-refractivity contribution in [3.63, 3.8) is 0 Å². The molecule has 0 aliphatic carbocycles. The molecule has 2 aromatic rings. The Morgan fingerprint density at radius 2 is 1.68 bits per heavy atom. The van der Waals surface area contributed by atoms with Gasteiger partial charge in [-0.1, -0.05) is 30.3 Å². The van der Waals surface area contributed by atoms with Crippen LogP contribution in [0.4, 0.5) is 5.69 Å². The molecule has 0 amide bonds. The van der Waals surface area contributed by atoms with Crippen molar-refractivity contribution < 1.29 is 13.2 Å². The molecule has 0 aliphatic heterocycles. The van der Waals surface area contributed by atoms with E-state index in [1.54, 1.807) is 12.1 Å². The zero-order valence-corrected chi connectivity index (χ0v) is 13.1. The number of rotatable bonds is 8. The highest BCUT2D eigenvalue weighted by molar-refractivity contribution is 7.89. The molecule has 0 fully saturated rings. The second-order valence-electron chi connectivity index (χ2n) is 4.86. The lowest BCUT2D eigenvalue weighted by Crippen LogP contribution is -2.25. The molecule has 0 heterocycles. The molecule has 6 heteroatoms. The van der Waals surface area contributed by atoms with Crippen LogP contribution in [0.1, 0.15) is 12.0 Å². The van der Waals surface area contributed by atoms with Crippen LogP contribution >= 0.6 is 0 Å². The summed E-state index contributed by atoms with van der Waals surface area (Å²) in [4.78, 5) is 0.215. The van der Waals surface area contributed by atoms with E-state index >= 15 is 0 Å². The van der Waals surface area contributed by atoms with E-state index in [9.17, 15) is 8.42 Å². The number of nitrogens with one attached hydrogen (secondary N) is 1. The summed E-state index contributed by atoms with van der Waals surface area (Å²) >= 11 is 0. The lowest BCUT2D eigenvalue weighted by Gasteiger charge is -2.07. The number of nitrogen functional groups attached to an aromatic ring is 1. The van der Waals surface area contributed by atoms with Gasteiger partial charge in [0.15, 0.2) is 0 Å². The number of sulfonamides is 1. The van der Waals surface area contributed by atoms with Gasteiger partial charge in [0.1, 0.15) is 0 Å². The van der Waals surface area contributed by atoms with Crippen molar-refractivity contribution in [2.24, 2.45) is 0 Å². The van der Waals surface area contributed by atoms with Crippen LogP contribution in [0, 0.1) is 0 Å². The SMILES string of the molecule is Nc1ccc(S(=O)(=O)NCCCOCc2ccccc2)cc1. The summed E-state index contributed by atoms with van der Waals surface area (Å²) in [5.41, 5.74) is 7.18. The van der Waals surface area contributed by atoms with E-state index in [1.807, 2.05) is 30.3 Å². The topological polar surface area (TPSA) is 81.4 Å². The number of ether oxygens (including phenoxy) is 1. The van der Waals surface area contributed by atoms with Crippen LogP contribution in [0.5, 0.6) is 0 Å². The van der Waals surface area contributed by atoms with E-state index in [-0.39, 0.29) is 4.90 Å². The van der Waals surface area contributed by atoms with Crippen molar-refractivity contribution in [3.05, 3.63) is 60.2 Å². The van der Waals surface area contributed by atoms with E-state index in [0.29, 0.717) is 31.9 Å². The number of nitrogens with two attached hydrogens (primary N) is 1. The Labute approximate surface area is 131 Å². The summed E-state index contributed by atoms with van der Waals surface area (Å²) < 4.78 is 32.1. The highest BCUT2D eigenvalue weighted by Gasteiger charge is 2.12. The molecule has 5 nitrogen and oxygen atoms in total. The summed E-state index contributed by atoms with van der Waals surface area (Å²) in [6, 6.07) is 16.0. The fraction of sp³-hybridized carbons (Fsp3) is 0.250. The van der Waals surface area contributed by atoms with Gasteiger partial charge in [-0.05, 0) is 36.2 Å². The van der Waals surface area contributed by atoms with Crippen molar-refractivity contribution in [2.75, 3.05) is 18.9 Å². The summed E-state index contributed by atoms with van der Waals surface area (Å²) in [5, 5.41) is 0. The normalized spacial score (nSPS) is 11.5. The highest BCUT2D eigenvalue weighted by Crippen LogP contribution is 2.11. The average Bonchev–Trinajstić information content (AvgIpc) is 2.52. The van der Waals surface area contributed by atoms with E-state index < -0.39 is 10.0 Å². The largest absolute Gasteiger partial charge is 0.399 e. The third kappa shape index (κ3) is 5.14. The van der Waals surface area contributed by atoms with Gasteiger partial charge in [0, 0.05) is 18.8 Å². The van der Waals surface area contributed by atoms with Crippen LogP contribution in [-0.4, -0.2) is 21.6 Å².